The molecule has 3 nitrogen and oxygen atoms in total. The average Bonchev–Trinajstić information content (AvgIpc) is 2.35. The summed E-state index contributed by atoms with van der Waals surface area (Å²) in [7, 11) is 1.80. The van der Waals surface area contributed by atoms with Gasteiger partial charge in [0.1, 0.15) is 11.3 Å². The summed E-state index contributed by atoms with van der Waals surface area (Å²) >= 11 is 0. The van der Waals surface area contributed by atoms with Crippen molar-refractivity contribution >= 4 is 0 Å². The van der Waals surface area contributed by atoms with Gasteiger partial charge in [0.05, 0.1) is 12.2 Å². The van der Waals surface area contributed by atoms with E-state index in [0.717, 1.165) is 5.75 Å². The lowest BCUT2D eigenvalue weighted by molar-refractivity contribution is 0.181. The summed E-state index contributed by atoms with van der Waals surface area (Å²) in [5, 5.41) is 12.2. The van der Waals surface area contributed by atoms with E-state index < -0.39 is 5.54 Å². The molecule has 1 aromatic rings. The van der Waals surface area contributed by atoms with Crippen LogP contribution in [-0.4, -0.2) is 18.7 Å². The van der Waals surface area contributed by atoms with Crippen molar-refractivity contribution in [2.75, 3.05) is 7.05 Å². The summed E-state index contributed by atoms with van der Waals surface area (Å²) in [6.45, 7) is 10.1. The topological polar surface area (TPSA) is 45.0 Å². The Morgan fingerprint density at radius 3 is 2.53 bits per heavy atom. The largest absolute Gasteiger partial charge is 0.490 e. The molecular formula is C16H24N2O. The standard InChI is InChI=1S/C16H24N2O/c1-11-7-12(2)14(4)15(8-11)19-13(3)9-16(5,10-17)18-6/h7-8,13,18H,9H2,1-6H3. The maximum atomic E-state index is 9.18. The van der Waals surface area contributed by atoms with Crippen LogP contribution in [0.2, 0.25) is 0 Å². The number of rotatable bonds is 5. The molecule has 0 saturated heterocycles. The number of nitriles is 1. The second kappa shape index (κ2) is 6.08. The molecule has 0 aliphatic heterocycles. The smallest absolute Gasteiger partial charge is 0.123 e. The number of ether oxygens (including phenoxy) is 1. The van der Waals surface area contributed by atoms with Crippen LogP contribution in [0.4, 0.5) is 0 Å². The fraction of sp³-hybridized carbons (Fsp3) is 0.562. The SMILES string of the molecule is CNC(C)(C#N)CC(C)Oc1cc(C)cc(C)c1C. The third-order valence-electron chi connectivity index (χ3n) is 3.59. The summed E-state index contributed by atoms with van der Waals surface area (Å²) < 4.78 is 6.02. The van der Waals surface area contributed by atoms with E-state index in [-0.39, 0.29) is 6.10 Å². The monoisotopic (exact) mass is 260 g/mol. The number of hydrogen-bond donors (Lipinski definition) is 1. The van der Waals surface area contributed by atoms with Crippen LogP contribution >= 0.6 is 0 Å². The molecule has 2 atom stereocenters. The van der Waals surface area contributed by atoms with Gasteiger partial charge in [0, 0.05) is 6.42 Å². The fourth-order valence-electron chi connectivity index (χ4n) is 2.16. The lowest BCUT2D eigenvalue weighted by Crippen LogP contribution is -2.41. The van der Waals surface area contributed by atoms with E-state index in [1.165, 1.54) is 16.7 Å². The zero-order chi connectivity index (χ0) is 14.6. The highest BCUT2D eigenvalue weighted by atomic mass is 16.5. The van der Waals surface area contributed by atoms with Crippen molar-refractivity contribution in [1.29, 1.82) is 5.26 Å². The Morgan fingerprint density at radius 1 is 1.37 bits per heavy atom. The molecule has 104 valence electrons. The van der Waals surface area contributed by atoms with Crippen molar-refractivity contribution in [2.45, 2.75) is 52.7 Å². The van der Waals surface area contributed by atoms with Crippen LogP contribution in [0.15, 0.2) is 12.1 Å². The summed E-state index contributed by atoms with van der Waals surface area (Å²) in [5.74, 6) is 0.918. The molecule has 0 aromatic heterocycles. The molecule has 1 N–H and O–H groups in total. The van der Waals surface area contributed by atoms with Gasteiger partial charge in [-0.2, -0.15) is 5.26 Å². The first-order chi connectivity index (χ1) is 8.81. The second-order valence-electron chi connectivity index (χ2n) is 5.53. The Bertz CT molecular complexity index is 490. The third kappa shape index (κ3) is 3.97. The highest BCUT2D eigenvalue weighted by molar-refractivity contribution is 5.42. The highest BCUT2D eigenvalue weighted by Crippen LogP contribution is 2.25. The van der Waals surface area contributed by atoms with Crippen LogP contribution in [0.5, 0.6) is 5.75 Å². The number of benzene rings is 1. The highest BCUT2D eigenvalue weighted by Gasteiger charge is 2.25. The summed E-state index contributed by atoms with van der Waals surface area (Å²) in [6, 6.07) is 6.50. The lowest BCUT2D eigenvalue weighted by Gasteiger charge is -2.26. The van der Waals surface area contributed by atoms with Gasteiger partial charge in [0.25, 0.3) is 0 Å². The molecule has 0 aliphatic carbocycles. The molecule has 1 rings (SSSR count). The van der Waals surface area contributed by atoms with Gasteiger partial charge >= 0.3 is 0 Å². The van der Waals surface area contributed by atoms with Gasteiger partial charge in [-0.3, -0.25) is 0 Å². The molecule has 0 fully saturated rings. The van der Waals surface area contributed by atoms with Crippen molar-refractivity contribution in [3.63, 3.8) is 0 Å². The first-order valence-electron chi connectivity index (χ1n) is 6.66. The number of aryl methyl sites for hydroxylation is 2. The predicted molar refractivity (Wildman–Crippen MR) is 78.4 cm³/mol. The van der Waals surface area contributed by atoms with Crippen molar-refractivity contribution in [1.82, 2.24) is 5.32 Å². The van der Waals surface area contributed by atoms with E-state index in [9.17, 15) is 5.26 Å². The van der Waals surface area contributed by atoms with Gasteiger partial charge in [-0.05, 0) is 64.4 Å². The van der Waals surface area contributed by atoms with Gasteiger partial charge in [-0.1, -0.05) is 6.07 Å². The number of nitrogens with one attached hydrogen (secondary N) is 1. The third-order valence-corrected chi connectivity index (χ3v) is 3.59. The van der Waals surface area contributed by atoms with E-state index in [0.29, 0.717) is 6.42 Å². The van der Waals surface area contributed by atoms with Crippen LogP contribution in [-0.2, 0) is 0 Å². The lowest BCUT2D eigenvalue weighted by atomic mass is 9.97. The van der Waals surface area contributed by atoms with Crippen molar-refractivity contribution < 1.29 is 4.74 Å². The van der Waals surface area contributed by atoms with E-state index in [4.69, 9.17) is 4.74 Å². The molecule has 0 radical (unpaired) electrons. The van der Waals surface area contributed by atoms with E-state index in [1.807, 2.05) is 13.8 Å². The van der Waals surface area contributed by atoms with Crippen molar-refractivity contribution in [2.24, 2.45) is 0 Å². The second-order valence-corrected chi connectivity index (χ2v) is 5.53. The molecule has 3 heteroatoms. The Balaban J connectivity index is 2.84. The average molecular weight is 260 g/mol. The van der Waals surface area contributed by atoms with E-state index in [1.54, 1.807) is 7.05 Å². The van der Waals surface area contributed by atoms with Crippen LogP contribution in [0.1, 0.15) is 37.0 Å². The maximum absolute atomic E-state index is 9.18. The maximum Gasteiger partial charge on any atom is 0.123 e. The minimum Gasteiger partial charge on any atom is -0.490 e. The minimum absolute atomic E-state index is 0.0167. The van der Waals surface area contributed by atoms with Gasteiger partial charge in [0.15, 0.2) is 0 Å². The van der Waals surface area contributed by atoms with Crippen LogP contribution in [0.3, 0.4) is 0 Å². The van der Waals surface area contributed by atoms with Crippen LogP contribution < -0.4 is 10.1 Å². The molecule has 0 bridgehead atoms. The molecule has 1 aromatic carbocycles. The van der Waals surface area contributed by atoms with E-state index in [2.05, 4.69) is 44.3 Å². The summed E-state index contributed by atoms with van der Waals surface area (Å²) in [5.41, 5.74) is 3.05. The molecule has 0 aliphatic rings. The summed E-state index contributed by atoms with van der Waals surface area (Å²) in [4.78, 5) is 0. The van der Waals surface area contributed by atoms with Gasteiger partial charge in [-0.15, -0.1) is 0 Å². The number of hydrogen-bond acceptors (Lipinski definition) is 3. The first kappa shape index (κ1) is 15.5. The predicted octanol–water partition coefficient (Wildman–Crippen LogP) is 3.27. The molecule has 2 unspecified atom stereocenters. The molecule has 0 amide bonds. The first-order valence-corrected chi connectivity index (χ1v) is 6.66. The quantitative estimate of drug-likeness (QED) is 0.883. The Kier molecular flexibility index (Phi) is 4.97. The molecule has 0 saturated carbocycles. The molecule has 19 heavy (non-hydrogen) atoms. The Morgan fingerprint density at radius 2 is 2.00 bits per heavy atom. The molecule has 0 heterocycles. The molecular weight excluding hydrogens is 236 g/mol. The Hall–Kier alpha value is -1.53. The van der Waals surface area contributed by atoms with Crippen molar-refractivity contribution in [3.8, 4) is 11.8 Å². The van der Waals surface area contributed by atoms with Gasteiger partial charge in [0.2, 0.25) is 0 Å². The van der Waals surface area contributed by atoms with Crippen LogP contribution in [0, 0.1) is 32.1 Å². The number of nitrogens with zero attached hydrogens (tertiary/aromatic N) is 1. The van der Waals surface area contributed by atoms with Crippen LogP contribution in [0.25, 0.3) is 0 Å². The zero-order valence-corrected chi connectivity index (χ0v) is 12.8. The summed E-state index contributed by atoms with van der Waals surface area (Å²) in [6.07, 6.45) is 0.629. The molecule has 0 spiro atoms. The Labute approximate surface area is 116 Å². The van der Waals surface area contributed by atoms with E-state index >= 15 is 0 Å². The van der Waals surface area contributed by atoms with Gasteiger partial charge < -0.3 is 10.1 Å². The van der Waals surface area contributed by atoms with Crippen molar-refractivity contribution in [3.05, 3.63) is 28.8 Å². The fourth-order valence-corrected chi connectivity index (χ4v) is 2.16. The zero-order valence-electron chi connectivity index (χ0n) is 12.8. The minimum atomic E-state index is -0.549. The van der Waals surface area contributed by atoms with Gasteiger partial charge in [-0.25, -0.2) is 0 Å². The normalized spacial score (nSPS) is 15.4.